The first-order valence-electron chi connectivity index (χ1n) is 5.40. The van der Waals surface area contributed by atoms with Crippen molar-refractivity contribution in [1.29, 1.82) is 5.53 Å². The number of hydrogen-bond donors (Lipinski definition) is 3. The van der Waals surface area contributed by atoms with Gasteiger partial charge in [-0.25, -0.2) is 10.5 Å². The van der Waals surface area contributed by atoms with Crippen molar-refractivity contribution < 1.29 is 0 Å². The van der Waals surface area contributed by atoms with E-state index in [1.54, 1.807) is 17.8 Å². The zero-order chi connectivity index (χ0) is 13.6. The van der Waals surface area contributed by atoms with Gasteiger partial charge in [0.1, 0.15) is 10.7 Å². The molecule has 1 aliphatic heterocycles. The van der Waals surface area contributed by atoms with Gasteiger partial charge in [0.15, 0.2) is 0 Å². The maximum absolute atomic E-state index is 12.2. The van der Waals surface area contributed by atoms with Crippen molar-refractivity contribution in [3.05, 3.63) is 39.1 Å². The minimum atomic E-state index is -0.152. The van der Waals surface area contributed by atoms with Gasteiger partial charge in [-0.1, -0.05) is 0 Å². The first kappa shape index (κ1) is 11.7. The first-order chi connectivity index (χ1) is 9.15. The van der Waals surface area contributed by atoms with Crippen molar-refractivity contribution in [1.82, 2.24) is 14.9 Å². The molecule has 0 spiro atoms. The third-order valence-corrected chi connectivity index (χ3v) is 3.68. The molecule has 8 heteroatoms. The van der Waals surface area contributed by atoms with Crippen molar-refractivity contribution in [3.8, 4) is 0 Å². The summed E-state index contributed by atoms with van der Waals surface area (Å²) >= 11 is 1.58. The van der Waals surface area contributed by atoms with Crippen LogP contribution in [0.2, 0.25) is 0 Å². The normalized spacial score (nSPS) is 11.2. The number of fused-ring (bicyclic) bond motifs is 2. The summed E-state index contributed by atoms with van der Waals surface area (Å²) in [7, 11) is 0. The monoisotopic (exact) mass is 274 g/mol. The van der Waals surface area contributed by atoms with E-state index >= 15 is 0 Å². The highest BCUT2D eigenvalue weighted by Gasteiger charge is 2.11. The van der Waals surface area contributed by atoms with Crippen LogP contribution in [0.15, 0.2) is 33.0 Å². The number of hydrogen-bond acceptors (Lipinski definition) is 6. The fourth-order valence-corrected chi connectivity index (χ4v) is 2.48. The number of benzene rings is 1. The lowest BCUT2D eigenvalue weighted by Gasteiger charge is -2.00. The van der Waals surface area contributed by atoms with Crippen LogP contribution in [0.5, 0.6) is 0 Å². The molecule has 0 atom stereocenters. The van der Waals surface area contributed by atoms with Gasteiger partial charge in [-0.15, -0.1) is 16.9 Å². The highest BCUT2D eigenvalue weighted by atomic mass is 32.2. The van der Waals surface area contributed by atoms with Gasteiger partial charge in [0.2, 0.25) is 5.43 Å². The molecule has 1 heterocycles. The number of H-pyrrole nitrogens is 1. The van der Waals surface area contributed by atoms with E-state index in [4.69, 9.17) is 11.4 Å². The van der Waals surface area contributed by atoms with Crippen LogP contribution in [-0.4, -0.2) is 21.1 Å². The lowest BCUT2D eigenvalue weighted by atomic mass is 10.2. The van der Waals surface area contributed by atoms with Gasteiger partial charge in [0.25, 0.3) is 5.95 Å². The topological polar surface area (TPSA) is 113 Å². The summed E-state index contributed by atoms with van der Waals surface area (Å²) in [4.78, 5) is 18.4. The quantitative estimate of drug-likeness (QED) is 0.373. The van der Waals surface area contributed by atoms with Crippen molar-refractivity contribution in [2.24, 2.45) is 5.11 Å². The van der Waals surface area contributed by atoms with E-state index in [-0.39, 0.29) is 11.4 Å². The van der Waals surface area contributed by atoms with Gasteiger partial charge in [0, 0.05) is 15.7 Å². The molecule has 2 aliphatic rings. The molecule has 7 nitrogen and oxygen atoms in total. The van der Waals surface area contributed by atoms with E-state index in [2.05, 4.69) is 15.2 Å². The molecule has 0 radical (unpaired) electrons. The zero-order valence-electron chi connectivity index (χ0n) is 9.97. The Bertz CT molecular complexity index is 911. The number of nitrogens with two attached hydrogens (primary N) is 1. The number of nitrogens with zero attached hydrogens (tertiary/aromatic N) is 3. The molecular formula is C11H10N6OS. The maximum atomic E-state index is 12.2. The molecule has 4 N–H and O–H groups in total. The molecule has 0 saturated carbocycles. The van der Waals surface area contributed by atoms with Crippen molar-refractivity contribution in [2.75, 3.05) is 12.1 Å². The number of rotatable bonds is 2. The van der Waals surface area contributed by atoms with E-state index in [1.807, 2.05) is 18.4 Å². The van der Waals surface area contributed by atoms with Gasteiger partial charge < -0.3 is 5.84 Å². The van der Waals surface area contributed by atoms with Crippen molar-refractivity contribution in [3.63, 3.8) is 0 Å². The molecular weight excluding hydrogens is 264 g/mol. The summed E-state index contributed by atoms with van der Waals surface area (Å²) in [6.07, 6.45) is 1.96. The third kappa shape index (κ3) is 1.60. The van der Waals surface area contributed by atoms with Crippen LogP contribution in [0.4, 0.5) is 5.95 Å². The van der Waals surface area contributed by atoms with Crippen LogP contribution in [0, 0.1) is 16.2 Å². The molecule has 1 aromatic carbocycles. The molecule has 0 unspecified atom stereocenters. The fourth-order valence-electron chi connectivity index (χ4n) is 2.04. The Labute approximate surface area is 110 Å². The minimum Gasteiger partial charge on any atom is -0.321 e. The second-order valence-corrected chi connectivity index (χ2v) is 4.85. The SMILES string of the molecule is CSc1ccc2c(=O)c3[nH]n(N)c(N=N)nc=3c2c1. The molecule has 0 bridgehead atoms. The number of thioether (sulfide) groups is 1. The van der Waals surface area contributed by atoms with Gasteiger partial charge in [-0.3, -0.25) is 9.89 Å². The molecule has 0 aromatic heterocycles. The van der Waals surface area contributed by atoms with Gasteiger partial charge in [0.05, 0.1) is 0 Å². The number of nitrogen functional groups attached to an aromatic ring is 1. The number of nitrogens with one attached hydrogen (secondary N) is 2. The predicted octanol–water partition coefficient (Wildman–Crippen LogP) is 1.55. The van der Waals surface area contributed by atoms with Crippen LogP contribution >= 0.6 is 11.8 Å². The van der Waals surface area contributed by atoms with Crippen LogP contribution in [0.25, 0.3) is 10.8 Å². The van der Waals surface area contributed by atoms with Gasteiger partial charge in [-0.2, -0.15) is 4.79 Å². The summed E-state index contributed by atoms with van der Waals surface area (Å²) in [6, 6.07) is 5.57. The van der Waals surface area contributed by atoms with Crippen molar-refractivity contribution >= 4 is 28.5 Å². The van der Waals surface area contributed by atoms with Gasteiger partial charge in [-0.05, 0) is 24.5 Å². The largest absolute Gasteiger partial charge is 0.321 e. The molecule has 0 fully saturated rings. The van der Waals surface area contributed by atoms with E-state index in [1.165, 1.54) is 0 Å². The third-order valence-electron chi connectivity index (χ3n) is 2.95. The highest BCUT2D eigenvalue weighted by molar-refractivity contribution is 7.98. The average Bonchev–Trinajstić information content (AvgIpc) is 2.70. The molecule has 1 aliphatic carbocycles. The Balaban J connectivity index is 2.58. The van der Waals surface area contributed by atoms with Gasteiger partial charge >= 0.3 is 0 Å². The lowest BCUT2D eigenvalue weighted by Crippen LogP contribution is -2.17. The van der Waals surface area contributed by atoms with Crippen LogP contribution in [0.1, 0.15) is 0 Å². The maximum Gasteiger partial charge on any atom is 0.283 e. The molecule has 1 aromatic rings. The summed E-state index contributed by atoms with van der Waals surface area (Å²) in [5.74, 6) is 5.59. The minimum absolute atomic E-state index is 0.00829. The molecule has 0 saturated heterocycles. The van der Waals surface area contributed by atoms with Crippen molar-refractivity contribution in [2.45, 2.75) is 4.90 Å². The lowest BCUT2D eigenvalue weighted by molar-refractivity contribution is 0.736. The van der Waals surface area contributed by atoms with Crippen LogP contribution < -0.4 is 11.3 Å². The molecule has 3 rings (SSSR count). The zero-order valence-corrected chi connectivity index (χ0v) is 10.8. The Hall–Kier alpha value is -2.35. The Morgan fingerprint density at radius 3 is 2.95 bits per heavy atom. The molecule has 19 heavy (non-hydrogen) atoms. The Kier molecular flexibility index (Phi) is 2.53. The first-order valence-corrected chi connectivity index (χ1v) is 6.63. The van der Waals surface area contributed by atoms with Crippen LogP contribution in [0.3, 0.4) is 0 Å². The Morgan fingerprint density at radius 2 is 2.26 bits per heavy atom. The standard InChI is InChI=1S/C11H10N6OS/c1-19-5-2-3-6-7(4-5)8-9(10(6)18)16-17(13)11(14-8)15-12/h2-4,12,16H,13H2,1H3. The smallest absolute Gasteiger partial charge is 0.283 e. The molecule has 96 valence electrons. The second-order valence-electron chi connectivity index (χ2n) is 3.97. The number of aromatic amines is 1. The molecule has 0 amide bonds. The van der Waals surface area contributed by atoms with E-state index in [0.29, 0.717) is 16.1 Å². The summed E-state index contributed by atoms with van der Waals surface area (Å²) in [6.45, 7) is 0. The summed E-state index contributed by atoms with van der Waals surface area (Å²) < 4.78 is 0. The average molecular weight is 274 g/mol. The second kappa shape index (κ2) is 4.09. The highest BCUT2D eigenvalue weighted by Crippen LogP contribution is 2.22. The van der Waals surface area contributed by atoms with Crippen LogP contribution in [-0.2, 0) is 0 Å². The fraction of sp³-hybridized carbons (Fsp3) is 0.0909. The Morgan fingerprint density at radius 1 is 1.47 bits per heavy atom. The number of aromatic nitrogens is 3. The van der Waals surface area contributed by atoms with E-state index < -0.39 is 0 Å². The van der Waals surface area contributed by atoms with E-state index in [9.17, 15) is 4.79 Å². The summed E-state index contributed by atoms with van der Waals surface area (Å²) in [5, 5.41) is 8.06. The predicted molar refractivity (Wildman–Crippen MR) is 72.4 cm³/mol. The van der Waals surface area contributed by atoms with E-state index in [0.717, 1.165) is 15.1 Å². The summed E-state index contributed by atoms with van der Waals surface area (Å²) in [5.41, 5.74) is 6.86.